The quantitative estimate of drug-likeness (QED) is 0.791. The molecule has 4 heteroatoms. The lowest BCUT2D eigenvalue weighted by Gasteiger charge is -2.12. The maximum atomic E-state index is 11.1. The Hall–Kier alpha value is -1.84. The van der Waals surface area contributed by atoms with Crippen LogP contribution >= 0.6 is 0 Å². The van der Waals surface area contributed by atoms with Crippen LogP contribution in [0.15, 0.2) is 24.3 Å². The molecule has 0 saturated heterocycles. The fourth-order valence-electron chi connectivity index (χ4n) is 1.34. The molecule has 1 N–H and O–H groups in total. The van der Waals surface area contributed by atoms with Gasteiger partial charge in [-0.1, -0.05) is 18.2 Å². The summed E-state index contributed by atoms with van der Waals surface area (Å²) in [5.74, 6) is 0.0217. The molecule has 4 nitrogen and oxygen atoms in total. The topological polar surface area (TPSA) is 57.6 Å². The summed E-state index contributed by atoms with van der Waals surface area (Å²) in [6, 6.07) is 7.26. The van der Waals surface area contributed by atoms with Gasteiger partial charge in [-0.2, -0.15) is 0 Å². The zero-order valence-electron chi connectivity index (χ0n) is 9.43. The summed E-state index contributed by atoms with van der Waals surface area (Å²) in [4.78, 5) is 22.9. The molecule has 0 aliphatic rings. The van der Waals surface area contributed by atoms with Crippen LogP contribution in [0.5, 0.6) is 0 Å². The van der Waals surface area contributed by atoms with Crippen molar-refractivity contribution in [1.82, 2.24) is 4.90 Å². The second kappa shape index (κ2) is 5.30. The molecule has 0 heterocycles. The van der Waals surface area contributed by atoms with Gasteiger partial charge in [0.2, 0.25) is 0 Å². The Morgan fingerprint density at radius 2 is 2.06 bits per heavy atom. The molecule has 0 aliphatic carbocycles. The Bertz CT molecular complexity index is 401. The van der Waals surface area contributed by atoms with Crippen LogP contribution in [0, 0.1) is 0 Å². The average molecular weight is 221 g/mol. The summed E-state index contributed by atoms with van der Waals surface area (Å²) in [5, 5.41) is 8.67. The third kappa shape index (κ3) is 3.38. The zero-order chi connectivity index (χ0) is 12.1. The molecule has 1 aromatic carbocycles. The molecule has 1 amide bonds. The summed E-state index contributed by atoms with van der Waals surface area (Å²) in [7, 11) is 1.52. The van der Waals surface area contributed by atoms with Gasteiger partial charge >= 0.3 is 6.09 Å². The summed E-state index contributed by atoms with van der Waals surface area (Å²) >= 11 is 0. The minimum absolute atomic E-state index is 0.0217. The summed E-state index contributed by atoms with van der Waals surface area (Å²) < 4.78 is 0. The number of nitrogens with zero attached hydrogens (tertiary/aromatic N) is 1. The van der Waals surface area contributed by atoms with Crippen LogP contribution < -0.4 is 0 Å². The number of Topliss-reactive ketones (excluding diaryl/α,β-unsaturated/α-hetero) is 1. The smallest absolute Gasteiger partial charge is 0.407 e. The molecule has 0 aromatic heterocycles. The molecule has 0 saturated carbocycles. The van der Waals surface area contributed by atoms with E-state index in [1.165, 1.54) is 18.9 Å². The highest BCUT2D eigenvalue weighted by molar-refractivity contribution is 5.94. The second-order valence-electron chi connectivity index (χ2n) is 3.71. The van der Waals surface area contributed by atoms with Crippen molar-refractivity contribution in [3.05, 3.63) is 35.4 Å². The van der Waals surface area contributed by atoms with Crippen molar-refractivity contribution in [3.8, 4) is 0 Å². The van der Waals surface area contributed by atoms with Gasteiger partial charge in [-0.05, 0) is 25.0 Å². The Kier molecular flexibility index (Phi) is 4.05. The first-order valence-electron chi connectivity index (χ1n) is 5.04. The Morgan fingerprint density at radius 1 is 1.38 bits per heavy atom. The van der Waals surface area contributed by atoms with Crippen LogP contribution in [0.4, 0.5) is 4.79 Å². The highest BCUT2D eigenvalue weighted by atomic mass is 16.4. The van der Waals surface area contributed by atoms with Crippen molar-refractivity contribution in [3.63, 3.8) is 0 Å². The second-order valence-corrected chi connectivity index (χ2v) is 3.71. The number of likely N-dealkylation sites (N-methyl/N-ethyl adjacent to an activating group) is 1. The Labute approximate surface area is 94.5 Å². The van der Waals surface area contributed by atoms with Crippen molar-refractivity contribution in [2.24, 2.45) is 0 Å². The van der Waals surface area contributed by atoms with E-state index in [2.05, 4.69) is 0 Å². The van der Waals surface area contributed by atoms with Crippen LogP contribution in [0.1, 0.15) is 22.8 Å². The van der Waals surface area contributed by atoms with E-state index in [4.69, 9.17) is 5.11 Å². The van der Waals surface area contributed by atoms with Gasteiger partial charge in [0.1, 0.15) is 0 Å². The van der Waals surface area contributed by atoms with Crippen LogP contribution in [-0.4, -0.2) is 35.5 Å². The predicted octanol–water partition coefficient (Wildman–Crippen LogP) is 2.04. The van der Waals surface area contributed by atoms with Crippen LogP contribution in [0.2, 0.25) is 0 Å². The maximum absolute atomic E-state index is 11.1. The fraction of sp³-hybridized carbons (Fsp3) is 0.333. The van der Waals surface area contributed by atoms with E-state index >= 15 is 0 Å². The van der Waals surface area contributed by atoms with E-state index in [0.29, 0.717) is 18.5 Å². The molecule has 0 fully saturated rings. The first kappa shape index (κ1) is 12.2. The van der Waals surface area contributed by atoms with Crippen molar-refractivity contribution >= 4 is 11.9 Å². The number of ketones is 1. The SMILES string of the molecule is CC(=O)c1cccc(CCN(C)C(=O)O)c1. The van der Waals surface area contributed by atoms with Gasteiger partial charge in [0.05, 0.1) is 0 Å². The molecule has 0 radical (unpaired) electrons. The number of benzene rings is 1. The van der Waals surface area contributed by atoms with Crippen LogP contribution in [0.3, 0.4) is 0 Å². The van der Waals surface area contributed by atoms with Gasteiger partial charge in [0.15, 0.2) is 5.78 Å². The summed E-state index contributed by atoms with van der Waals surface area (Å²) in [6.45, 7) is 1.94. The number of carboxylic acid groups (broad SMARTS) is 1. The predicted molar refractivity (Wildman–Crippen MR) is 60.8 cm³/mol. The van der Waals surface area contributed by atoms with E-state index in [1.54, 1.807) is 12.1 Å². The zero-order valence-corrected chi connectivity index (χ0v) is 9.43. The van der Waals surface area contributed by atoms with Gasteiger partial charge < -0.3 is 10.0 Å². The lowest BCUT2D eigenvalue weighted by molar-refractivity contribution is 0.101. The van der Waals surface area contributed by atoms with E-state index < -0.39 is 6.09 Å². The standard InChI is InChI=1S/C12H15NO3/c1-9(14)11-5-3-4-10(8-11)6-7-13(2)12(15)16/h3-5,8H,6-7H2,1-2H3,(H,15,16). The van der Waals surface area contributed by atoms with Gasteiger partial charge in [0, 0.05) is 19.2 Å². The molecular weight excluding hydrogens is 206 g/mol. The largest absolute Gasteiger partial charge is 0.465 e. The first-order chi connectivity index (χ1) is 7.50. The lowest BCUT2D eigenvalue weighted by Crippen LogP contribution is -2.26. The summed E-state index contributed by atoms with van der Waals surface area (Å²) in [5.41, 5.74) is 1.64. The van der Waals surface area contributed by atoms with Crippen LogP contribution in [0.25, 0.3) is 0 Å². The fourth-order valence-corrected chi connectivity index (χ4v) is 1.34. The van der Waals surface area contributed by atoms with E-state index in [9.17, 15) is 9.59 Å². The van der Waals surface area contributed by atoms with Crippen LogP contribution in [-0.2, 0) is 6.42 Å². The van der Waals surface area contributed by atoms with Gasteiger partial charge in [0.25, 0.3) is 0 Å². The number of carbonyl (C=O) groups is 2. The van der Waals surface area contributed by atoms with Gasteiger partial charge in [-0.15, -0.1) is 0 Å². The molecule has 0 atom stereocenters. The number of amides is 1. The van der Waals surface area contributed by atoms with Gasteiger partial charge in [-0.25, -0.2) is 4.79 Å². The molecule has 0 aliphatic heterocycles. The Morgan fingerprint density at radius 3 is 2.62 bits per heavy atom. The lowest BCUT2D eigenvalue weighted by atomic mass is 10.1. The molecular formula is C12H15NO3. The molecule has 1 rings (SSSR count). The minimum atomic E-state index is -0.942. The monoisotopic (exact) mass is 221 g/mol. The number of carbonyl (C=O) groups excluding carboxylic acids is 1. The van der Waals surface area contributed by atoms with Gasteiger partial charge in [-0.3, -0.25) is 4.79 Å². The molecule has 0 unspecified atom stereocenters. The molecule has 16 heavy (non-hydrogen) atoms. The third-order valence-electron chi connectivity index (χ3n) is 2.40. The van der Waals surface area contributed by atoms with Crippen molar-refractivity contribution in [2.75, 3.05) is 13.6 Å². The minimum Gasteiger partial charge on any atom is -0.465 e. The molecule has 0 bridgehead atoms. The first-order valence-corrected chi connectivity index (χ1v) is 5.04. The highest BCUT2D eigenvalue weighted by Gasteiger charge is 2.06. The van der Waals surface area contributed by atoms with E-state index in [-0.39, 0.29) is 5.78 Å². The highest BCUT2D eigenvalue weighted by Crippen LogP contribution is 2.07. The third-order valence-corrected chi connectivity index (χ3v) is 2.40. The number of hydrogen-bond donors (Lipinski definition) is 1. The van der Waals surface area contributed by atoms with E-state index in [1.807, 2.05) is 12.1 Å². The van der Waals surface area contributed by atoms with E-state index in [0.717, 1.165) is 5.56 Å². The number of hydrogen-bond acceptors (Lipinski definition) is 2. The molecule has 86 valence electrons. The average Bonchev–Trinajstić information content (AvgIpc) is 2.26. The molecule has 1 aromatic rings. The van der Waals surface area contributed by atoms with Crippen molar-refractivity contribution in [2.45, 2.75) is 13.3 Å². The Balaban J connectivity index is 2.64. The maximum Gasteiger partial charge on any atom is 0.407 e. The molecule has 0 spiro atoms. The number of rotatable bonds is 4. The summed E-state index contributed by atoms with van der Waals surface area (Å²) in [6.07, 6.45) is -0.327. The normalized spacial score (nSPS) is 9.88. The van der Waals surface area contributed by atoms with Crippen molar-refractivity contribution in [1.29, 1.82) is 0 Å². The van der Waals surface area contributed by atoms with Crippen molar-refractivity contribution < 1.29 is 14.7 Å².